The second kappa shape index (κ2) is 7.88. The Labute approximate surface area is 196 Å². The summed E-state index contributed by atoms with van der Waals surface area (Å²) in [6.07, 6.45) is 0. The maximum atomic E-state index is 6.45. The highest BCUT2D eigenvalue weighted by molar-refractivity contribution is 6.66. The molecule has 3 nitrogen and oxygen atoms in total. The van der Waals surface area contributed by atoms with E-state index in [9.17, 15) is 0 Å². The Bertz CT molecular complexity index is 1590. The van der Waals surface area contributed by atoms with E-state index in [0.29, 0.717) is 5.71 Å². The number of fused-ring (bicyclic) bond motifs is 3. The highest BCUT2D eigenvalue weighted by Gasteiger charge is 2.27. The van der Waals surface area contributed by atoms with Gasteiger partial charge in [-0.15, -0.1) is 0 Å². The van der Waals surface area contributed by atoms with E-state index in [1.807, 2.05) is 54.6 Å². The molecule has 0 saturated heterocycles. The van der Waals surface area contributed by atoms with Gasteiger partial charge in [0.15, 0.2) is 0 Å². The van der Waals surface area contributed by atoms with Gasteiger partial charge in [0.2, 0.25) is 5.29 Å². The number of nitrogens with zero attached hydrogens (tertiary/aromatic N) is 2. The Kier molecular flexibility index (Phi) is 4.70. The van der Waals surface area contributed by atoms with Crippen molar-refractivity contribution in [1.82, 2.24) is 0 Å². The van der Waals surface area contributed by atoms with Crippen molar-refractivity contribution in [3.8, 4) is 11.1 Å². The van der Waals surface area contributed by atoms with Gasteiger partial charge in [-0.1, -0.05) is 85.4 Å². The second-order valence-electron chi connectivity index (χ2n) is 8.06. The molecule has 0 bridgehead atoms. The number of rotatable bonds is 3. The van der Waals surface area contributed by atoms with Gasteiger partial charge in [-0.2, -0.15) is 0 Å². The molecule has 2 heterocycles. The quantitative estimate of drug-likeness (QED) is 0.259. The van der Waals surface area contributed by atoms with E-state index in [2.05, 4.69) is 59.0 Å². The maximum absolute atomic E-state index is 6.45. The van der Waals surface area contributed by atoms with Gasteiger partial charge >= 0.3 is 0 Å². The van der Waals surface area contributed by atoms with E-state index >= 15 is 0 Å². The summed E-state index contributed by atoms with van der Waals surface area (Å²) in [4.78, 5) is 9.21. The van der Waals surface area contributed by atoms with E-state index in [1.54, 1.807) is 0 Å². The number of halogens is 1. The zero-order valence-electron chi connectivity index (χ0n) is 17.7. The minimum atomic E-state index is -0.326. The summed E-state index contributed by atoms with van der Waals surface area (Å²) in [5, 5.41) is 2.32. The van der Waals surface area contributed by atoms with Crippen LogP contribution in [0.3, 0.4) is 0 Å². The molecule has 1 aliphatic heterocycles. The lowest BCUT2D eigenvalue weighted by atomic mass is 9.90. The fraction of sp³-hybridized carbons (Fsp3) is 0.0345. The molecule has 0 spiro atoms. The zero-order valence-corrected chi connectivity index (χ0v) is 18.5. The number of amidine groups is 1. The van der Waals surface area contributed by atoms with Crippen LogP contribution >= 0.6 is 11.6 Å². The molecule has 1 aromatic heterocycles. The van der Waals surface area contributed by atoms with Crippen LogP contribution in [0.15, 0.2) is 124 Å². The van der Waals surface area contributed by atoms with Crippen LogP contribution in [0.2, 0.25) is 0 Å². The molecule has 158 valence electrons. The van der Waals surface area contributed by atoms with Crippen LogP contribution in [-0.4, -0.2) is 11.0 Å². The second-order valence-corrected chi connectivity index (χ2v) is 8.40. The molecule has 5 aromatic rings. The minimum Gasteiger partial charge on any atom is -0.455 e. The summed E-state index contributed by atoms with van der Waals surface area (Å²) in [7, 11) is 0. The summed E-state index contributed by atoms with van der Waals surface area (Å²) < 4.78 is 6.23. The summed E-state index contributed by atoms with van der Waals surface area (Å²) in [6, 6.07) is 32.4. The average Bonchev–Trinajstić information content (AvgIpc) is 3.25. The molecule has 0 aliphatic carbocycles. The van der Waals surface area contributed by atoms with Gasteiger partial charge in [0.05, 0.1) is 5.71 Å². The van der Waals surface area contributed by atoms with Crippen LogP contribution in [0.25, 0.3) is 33.1 Å². The summed E-state index contributed by atoms with van der Waals surface area (Å²) in [5.74, 6) is 0. The monoisotopic (exact) mass is 446 g/mol. The zero-order chi connectivity index (χ0) is 22.4. The summed E-state index contributed by atoms with van der Waals surface area (Å²) in [5.41, 5.74) is 7.27. The van der Waals surface area contributed by atoms with Gasteiger partial charge in [0, 0.05) is 21.9 Å². The molecule has 1 unspecified atom stereocenters. The topological polar surface area (TPSA) is 37.9 Å². The van der Waals surface area contributed by atoms with E-state index in [0.717, 1.165) is 49.8 Å². The molecule has 4 heteroatoms. The van der Waals surface area contributed by atoms with Crippen LogP contribution in [0.4, 0.5) is 0 Å². The number of hydrogen-bond donors (Lipinski definition) is 0. The first-order valence-corrected chi connectivity index (χ1v) is 11.1. The number of furan rings is 1. The van der Waals surface area contributed by atoms with Gasteiger partial charge in [-0.3, -0.25) is 0 Å². The van der Waals surface area contributed by atoms with Crippen molar-refractivity contribution in [2.75, 3.05) is 0 Å². The predicted octanol–water partition coefficient (Wildman–Crippen LogP) is 7.95. The van der Waals surface area contributed by atoms with Crippen LogP contribution in [0, 0.1) is 0 Å². The average molecular weight is 447 g/mol. The molecule has 0 N–H and O–H groups in total. The lowest BCUT2D eigenvalue weighted by Gasteiger charge is -2.22. The summed E-state index contributed by atoms with van der Waals surface area (Å²) in [6.45, 7) is 4.39. The molecule has 0 amide bonds. The third-order valence-electron chi connectivity index (χ3n) is 6.04. The maximum Gasteiger partial charge on any atom is 0.219 e. The van der Waals surface area contributed by atoms with Crippen LogP contribution in [0.5, 0.6) is 0 Å². The lowest BCUT2D eigenvalue weighted by molar-refractivity contribution is 0.668. The minimum absolute atomic E-state index is 0.209. The molecular formula is C29H19ClN2O. The molecule has 0 saturated carbocycles. The van der Waals surface area contributed by atoms with Crippen LogP contribution in [0.1, 0.15) is 17.2 Å². The van der Waals surface area contributed by atoms with Crippen molar-refractivity contribution in [2.24, 2.45) is 9.98 Å². The number of para-hydroxylation sites is 2. The Morgan fingerprint density at radius 2 is 1.48 bits per heavy atom. The molecule has 1 atom stereocenters. The van der Waals surface area contributed by atoms with E-state index in [4.69, 9.17) is 16.0 Å². The normalized spacial score (nSPS) is 16.2. The smallest absolute Gasteiger partial charge is 0.219 e. The van der Waals surface area contributed by atoms with Crippen molar-refractivity contribution < 1.29 is 4.42 Å². The Morgan fingerprint density at radius 3 is 2.36 bits per heavy atom. The van der Waals surface area contributed by atoms with Gasteiger partial charge in [-0.25, -0.2) is 9.98 Å². The first kappa shape index (κ1) is 19.7. The van der Waals surface area contributed by atoms with Crippen LogP contribution < -0.4 is 0 Å². The standard InChI is InChI=1S/C29H19ClN2O/c1-18-26(21-12-7-11-20(17-21)19-9-3-2-4-10-19)31-29(30)32-27(18)24-15-8-14-23-22-13-5-6-16-25(22)33-28(23)24/h2-17,26H,1H2. The van der Waals surface area contributed by atoms with Gasteiger partial charge in [0.25, 0.3) is 0 Å². The fourth-order valence-electron chi connectivity index (χ4n) is 4.47. The highest BCUT2D eigenvalue weighted by Crippen LogP contribution is 2.37. The Morgan fingerprint density at radius 1 is 0.758 bits per heavy atom. The highest BCUT2D eigenvalue weighted by atomic mass is 35.5. The van der Waals surface area contributed by atoms with Crippen molar-refractivity contribution in [3.05, 3.63) is 120 Å². The Hall–Kier alpha value is -3.95. The summed E-state index contributed by atoms with van der Waals surface area (Å²) >= 11 is 6.45. The molecule has 1 aliphatic rings. The first-order chi connectivity index (χ1) is 16.2. The fourth-order valence-corrected chi connectivity index (χ4v) is 4.65. The van der Waals surface area contributed by atoms with E-state index < -0.39 is 0 Å². The van der Waals surface area contributed by atoms with Gasteiger partial charge in [-0.05, 0) is 46.5 Å². The van der Waals surface area contributed by atoms with Crippen molar-refractivity contribution in [3.63, 3.8) is 0 Å². The van der Waals surface area contributed by atoms with Crippen molar-refractivity contribution in [2.45, 2.75) is 6.04 Å². The largest absolute Gasteiger partial charge is 0.455 e. The SMILES string of the molecule is C=C1C(c2cccc3c2oc2ccccc23)=NC(Cl)=NC1c1cccc(-c2ccccc2)c1. The third-order valence-corrected chi connectivity index (χ3v) is 6.22. The number of benzene rings is 4. The molecule has 33 heavy (non-hydrogen) atoms. The lowest BCUT2D eigenvalue weighted by Crippen LogP contribution is -2.17. The van der Waals surface area contributed by atoms with E-state index in [-0.39, 0.29) is 11.3 Å². The molecule has 6 rings (SSSR count). The Balaban J connectivity index is 1.45. The van der Waals surface area contributed by atoms with Gasteiger partial charge in [0.1, 0.15) is 17.2 Å². The predicted molar refractivity (Wildman–Crippen MR) is 137 cm³/mol. The van der Waals surface area contributed by atoms with E-state index in [1.165, 1.54) is 0 Å². The first-order valence-electron chi connectivity index (χ1n) is 10.8. The third kappa shape index (κ3) is 3.38. The number of hydrogen-bond acceptors (Lipinski definition) is 3. The molecular weight excluding hydrogens is 428 g/mol. The molecule has 0 radical (unpaired) electrons. The van der Waals surface area contributed by atoms with Crippen molar-refractivity contribution in [1.29, 1.82) is 0 Å². The molecule has 0 fully saturated rings. The van der Waals surface area contributed by atoms with Crippen LogP contribution in [-0.2, 0) is 0 Å². The van der Waals surface area contributed by atoms with Crippen molar-refractivity contribution >= 4 is 44.5 Å². The molecule has 4 aromatic carbocycles. The van der Waals surface area contributed by atoms with Gasteiger partial charge < -0.3 is 4.42 Å². The number of aliphatic imine (C=N–C) groups is 2.